The molecule has 0 spiro atoms. The van der Waals surface area contributed by atoms with Crippen LogP contribution in [0.4, 0.5) is 0 Å². The zero-order chi connectivity index (χ0) is 12.8. The predicted molar refractivity (Wildman–Crippen MR) is 77.6 cm³/mol. The third-order valence-electron chi connectivity index (χ3n) is 3.14. The third-order valence-corrected chi connectivity index (χ3v) is 4.00. The minimum atomic E-state index is 0.689. The highest BCUT2D eigenvalue weighted by Gasteiger charge is 2.14. The van der Waals surface area contributed by atoms with E-state index < -0.39 is 0 Å². The highest BCUT2D eigenvalue weighted by Crippen LogP contribution is 2.38. The van der Waals surface area contributed by atoms with Crippen molar-refractivity contribution in [2.24, 2.45) is 0 Å². The second kappa shape index (κ2) is 4.05. The molecular formula is C14H7ClN2OS. The lowest BCUT2D eigenvalue weighted by atomic mass is 10.0. The molecule has 2 heterocycles. The summed E-state index contributed by atoms with van der Waals surface area (Å²) >= 11 is 7.58. The summed E-state index contributed by atoms with van der Waals surface area (Å²) in [4.78, 5) is 0. The van der Waals surface area contributed by atoms with Crippen molar-refractivity contribution in [2.45, 2.75) is 0 Å². The van der Waals surface area contributed by atoms with E-state index in [0.29, 0.717) is 5.02 Å². The van der Waals surface area contributed by atoms with Gasteiger partial charge in [0.25, 0.3) is 0 Å². The summed E-state index contributed by atoms with van der Waals surface area (Å²) in [7, 11) is 0. The van der Waals surface area contributed by atoms with Gasteiger partial charge in [0.2, 0.25) is 0 Å². The summed E-state index contributed by atoms with van der Waals surface area (Å²) in [6, 6.07) is 11.6. The minimum absolute atomic E-state index is 0.689. The van der Waals surface area contributed by atoms with E-state index in [4.69, 9.17) is 16.0 Å². The molecule has 0 atom stereocenters. The molecule has 5 heteroatoms. The van der Waals surface area contributed by atoms with E-state index in [0.717, 1.165) is 33.1 Å². The van der Waals surface area contributed by atoms with Crippen LogP contribution >= 0.6 is 23.3 Å². The smallest absolute Gasteiger partial charge is 0.134 e. The van der Waals surface area contributed by atoms with Gasteiger partial charge in [-0.2, -0.15) is 8.75 Å². The molecule has 0 amide bonds. The number of hydrogen-bond acceptors (Lipinski definition) is 4. The zero-order valence-electron chi connectivity index (χ0n) is 9.63. The lowest BCUT2D eigenvalue weighted by molar-refractivity contribution is 0.616. The fourth-order valence-electron chi connectivity index (χ4n) is 2.30. The standard InChI is InChI=1S/C14H7ClN2OS/c15-10-4-5-12-8(6-7-18-12)13(10)9-2-1-3-11-14(9)17-19-16-11/h1-7H. The average molecular weight is 287 g/mol. The molecule has 19 heavy (non-hydrogen) atoms. The highest BCUT2D eigenvalue weighted by molar-refractivity contribution is 7.00. The van der Waals surface area contributed by atoms with E-state index in [1.165, 1.54) is 11.7 Å². The van der Waals surface area contributed by atoms with Gasteiger partial charge in [-0.15, -0.1) is 0 Å². The Kier molecular flexibility index (Phi) is 2.33. The first-order chi connectivity index (χ1) is 9.34. The maximum Gasteiger partial charge on any atom is 0.134 e. The van der Waals surface area contributed by atoms with Crippen molar-refractivity contribution in [1.82, 2.24) is 8.75 Å². The maximum atomic E-state index is 6.38. The number of hydrogen-bond donors (Lipinski definition) is 0. The van der Waals surface area contributed by atoms with Crippen molar-refractivity contribution in [2.75, 3.05) is 0 Å². The monoisotopic (exact) mass is 286 g/mol. The average Bonchev–Trinajstić information content (AvgIpc) is 3.06. The fraction of sp³-hybridized carbons (Fsp3) is 0. The van der Waals surface area contributed by atoms with Crippen LogP contribution in [0.25, 0.3) is 33.1 Å². The van der Waals surface area contributed by atoms with Crippen LogP contribution in [0.5, 0.6) is 0 Å². The van der Waals surface area contributed by atoms with Gasteiger partial charge in [0, 0.05) is 21.5 Å². The molecule has 0 aliphatic carbocycles. The van der Waals surface area contributed by atoms with Gasteiger partial charge in [0.05, 0.1) is 18.0 Å². The van der Waals surface area contributed by atoms with Crippen molar-refractivity contribution in [1.29, 1.82) is 0 Å². The third kappa shape index (κ3) is 1.57. The van der Waals surface area contributed by atoms with Crippen molar-refractivity contribution < 1.29 is 4.42 Å². The molecule has 0 saturated heterocycles. The molecule has 0 aliphatic heterocycles. The SMILES string of the molecule is Clc1ccc2occc2c1-c1cccc2nsnc12. The molecule has 2 aromatic heterocycles. The van der Waals surface area contributed by atoms with Crippen molar-refractivity contribution in [3.05, 3.63) is 47.7 Å². The Hall–Kier alpha value is -1.91. The highest BCUT2D eigenvalue weighted by atomic mass is 35.5. The lowest BCUT2D eigenvalue weighted by Crippen LogP contribution is -1.83. The zero-order valence-corrected chi connectivity index (χ0v) is 11.2. The van der Waals surface area contributed by atoms with Crippen LogP contribution in [0, 0.1) is 0 Å². The summed E-state index contributed by atoms with van der Waals surface area (Å²) in [5.74, 6) is 0. The Bertz CT molecular complexity index is 897. The molecular weight excluding hydrogens is 280 g/mol. The van der Waals surface area contributed by atoms with E-state index in [2.05, 4.69) is 8.75 Å². The molecule has 4 aromatic rings. The Morgan fingerprint density at radius 1 is 1.05 bits per heavy atom. The van der Waals surface area contributed by atoms with E-state index in [-0.39, 0.29) is 0 Å². The number of nitrogens with zero attached hydrogens (tertiary/aromatic N) is 2. The molecule has 3 nitrogen and oxygen atoms in total. The quantitative estimate of drug-likeness (QED) is 0.506. The van der Waals surface area contributed by atoms with Gasteiger partial charge in [0.15, 0.2) is 0 Å². The minimum Gasteiger partial charge on any atom is -0.464 e. The van der Waals surface area contributed by atoms with Crippen molar-refractivity contribution >= 4 is 45.3 Å². The van der Waals surface area contributed by atoms with E-state index in [1.807, 2.05) is 36.4 Å². The molecule has 0 fully saturated rings. The lowest BCUT2D eigenvalue weighted by Gasteiger charge is -2.06. The summed E-state index contributed by atoms with van der Waals surface area (Å²) in [6.07, 6.45) is 1.67. The number of rotatable bonds is 1. The summed E-state index contributed by atoms with van der Waals surface area (Å²) in [5.41, 5.74) is 4.52. The number of benzene rings is 2. The molecule has 92 valence electrons. The van der Waals surface area contributed by atoms with Gasteiger partial charge in [0.1, 0.15) is 16.6 Å². The fourth-order valence-corrected chi connectivity index (χ4v) is 3.12. The Labute approximate surface area is 117 Å². The molecule has 0 aliphatic rings. The van der Waals surface area contributed by atoms with Gasteiger partial charge in [-0.05, 0) is 24.3 Å². The molecule has 0 N–H and O–H groups in total. The van der Waals surface area contributed by atoms with Gasteiger partial charge in [-0.1, -0.05) is 23.7 Å². The van der Waals surface area contributed by atoms with Crippen LogP contribution in [0.1, 0.15) is 0 Å². The molecule has 0 saturated carbocycles. The predicted octanol–water partition coefficient (Wildman–Crippen LogP) is 4.76. The summed E-state index contributed by atoms with van der Waals surface area (Å²) in [5, 5.41) is 1.68. The Balaban J connectivity index is 2.17. The van der Waals surface area contributed by atoms with Crippen molar-refractivity contribution in [3.8, 4) is 11.1 Å². The van der Waals surface area contributed by atoms with Gasteiger partial charge in [-0.3, -0.25) is 0 Å². The number of halogens is 1. The molecule has 0 bridgehead atoms. The topological polar surface area (TPSA) is 38.9 Å². The second-order valence-corrected chi connectivity index (χ2v) is 5.13. The first-order valence-electron chi connectivity index (χ1n) is 5.72. The first-order valence-corrected chi connectivity index (χ1v) is 6.83. The van der Waals surface area contributed by atoms with E-state index in [1.54, 1.807) is 6.26 Å². The van der Waals surface area contributed by atoms with Crippen molar-refractivity contribution in [3.63, 3.8) is 0 Å². The summed E-state index contributed by atoms with van der Waals surface area (Å²) < 4.78 is 14.1. The van der Waals surface area contributed by atoms with E-state index >= 15 is 0 Å². The summed E-state index contributed by atoms with van der Waals surface area (Å²) in [6.45, 7) is 0. The van der Waals surface area contributed by atoms with Crippen LogP contribution < -0.4 is 0 Å². The first kappa shape index (κ1) is 11.0. The number of aromatic nitrogens is 2. The largest absolute Gasteiger partial charge is 0.464 e. The van der Waals surface area contributed by atoms with E-state index in [9.17, 15) is 0 Å². The van der Waals surface area contributed by atoms with Gasteiger partial charge in [-0.25, -0.2) is 0 Å². The molecule has 0 radical (unpaired) electrons. The molecule has 2 aromatic carbocycles. The molecule has 0 unspecified atom stereocenters. The Morgan fingerprint density at radius 3 is 2.95 bits per heavy atom. The Morgan fingerprint density at radius 2 is 2.00 bits per heavy atom. The van der Waals surface area contributed by atoms with Crippen LogP contribution in [-0.2, 0) is 0 Å². The van der Waals surface area contributed by atoms with Crippen LogP contribution in [0.15, 0.2) is 47.1 Å². The number of furan rings is 1. The van der Waals surface area contributed by atoms with Gasteiger partial charge < -0.3 is 4.42 Å². The maximum absolute atomic E-state index is 6.38. The normalized spacial score (nSPS) is 11.4. The number of fused-ring (bicyclic) bond motifs is 2. The second-order valence-electron chi connectivity index (χ2n) is 4.19. The molecule has 4 rings (SSSR count). The van der Waals surface area contributed by atoms with Crippen LogP contribution in [0.2, 0.25) is 5.02 Å². The van der Waals surface area contributed by atoms with Crippen LogP contribution in [-0.4, -0.2) is 8.75 Å². The van der Waals surface area contributed by atoms with Gasteiger partial charge >= 0.3 is 0 Å². The van der Waals surface area contributed by atoms with Crippen LogP contribution in [0.3, 0.4) is 0 Å².